The van der Waals surface area contributed by atoms with Gasteiger partial charge in [0.05, 0.1) is 21.3 Å². The number of aromatic nitrogens is 2. The van der Waals surface area contributed by atoms with E-state index in [0.29, 0.717) is 5.84 Å². The highest BCUT2D eigenvalue weighted by Gasteiger charge is 2.19. The van der Waals surface area contributed by atoms with Gasteiger partial charge < -0.3 is 0 Å². The zero-order chi connectivity index (χ0) is 29.5. The number of aliphatic imine (C=N–C) groups is 2. The van der Waals surface area contributed by atoms with E-state index in [2.05, 4.69) is 59.2 Å². The lowest BCUT2D eigenvalue weighted by molar-refractivity contribution is 1.31. The van der Waals surface area contributed by atoms with Crippen LogP contribution in [0.1, 0.15) is 11.1 Å². The van der Waals surface area contributed by atoms with E-state index in [9.17, 15) is 0 Å². The molecule has 8 rings (SSSR count). The fraction of sp³-hybridized carbons (Fsp3) is 0. The number of fused-ring (bicyclic) bond motifs is 7. The number of hydrogen-bond donors (Lipinski definition) is 1. The van der Waals surface area contributed by atoms with Crippen molar-refractivity contribution in [2.45, 2.75) is 0 Å². The zero-order valence-electron chi connectivity index (χ0n) is 23.6. The minimum atomic E-state index is 0.158. The highest BCUT2D eigenvalue weighted by Crippen LogP contribution is 2.43. The van der Waals surface area contributed by atoms with Gasteiger partial charge in [-0.3, -0.25) is 15.0 Å². The molecule has 0 atom stereocenters. The smallest absolute Gasteiger partial charge is 0.163 e. The Morgan fingerprint density at radius 2 is 1.32 bits per heavy atom. The number of nitrogens with zero attached hydrogens (tertiary/aromatic N) is 4. The molecule has 0 aliphatic rings. The summed E-state index contributed by atoms with van der Waals surface area (Å²) >= 11 is 1.79. The van der Waals surface area contributed by atoms with E-state index < -0.39 is 0 Å². The third-order valence-electron chi connectivity index (χ3n) is 7.85. The van der Waals surface area contributed by atoms with E-state index >= 15 is 0 Å². The molecule has 0 fully saturated rings. The third kappa shape index (κ3) is 4.40. The number of thiophene rings is 1. The van der Waals surface area contributed by atoms with Crippen LogP contribution in [0.2, 0.25) is 0 Å². The van der Waals surface area contributed by atoms with Crippen LogP contribution in [-0.4, -0.2) is 27.6 Å². The molecule has 5 aromatic carbocycles. The number of para-hydroxylation sites is 1. The maximum absolute atomic E-state index is 8.71. The Labute approximate surface area is 257 Å². The summed E-state index contributed by atoms with van der Waals surface area (Å²) in [7, 11) is 0. The van der Waals surface area contributed by atoms with Gasteiger partial charge in [-0.15, -0.1) is 11.3 Å². The van der Waals surface area contributed by atoms with Crippen LogP contribution in [0, 0.1) is 5.41 Å². The van der Waals surface area contributed by atoms with Crippen molar-refractivity contribution >= 4 is 71.5 Å². The molecule has 0 bridgehead atoms. The fourth-order valence-electron chi connectivity index (χ4n) is 5.76. The van der Waals surface area contributed by atoms with E-state index in [1.165, 1.54) is 21.2 Å². The minimum absolute atomic E-state index is 0.158. The summed E-state index contributed by atoms with van der Waals surface area (Å²) in [5.74, 6) is 0.624. The first-order valence-electron chi connectivity index (χ1n) is 14.4. The molecule has 6 heteroatoms. The highest BCUT2D eigenvalue weighted by molar-refractivity contribution is 7.27. The normalized spacial score (nSPS) is 12.2. The Bertz CT molecular complexity index is 2390. The molecule has 0 spiro atoms. The van der Waals surface area contributed by atoms with Gasteiger partial charge in [0.15, 0.2) is 11.7 Å². The highest BCUT2D eigenvalue weighted by atomic mass is 32.1. The van der Waals surface area contributed by atoms with Crippen molar-refractivity contribution in [3.8, 4) is 11.1 Å². The lowest BCUT2D eigenvalue weighted by Crippen LogP contribution is -2.06. The van der Waals surface area contributed by atoms with Gasteiger partial charge in [0.1, 0.15) is 6.34 Å². The van der Waals surface area contributed by atoms with E-state index in [1.54, 1.807) is 11.3 Å². The van der Waals surface area contributed by atoms with Crippen molar-refractivity contribution in [3.63, 3.8) is 0 Å². The standard InChI is InChI=1S/C38H25N5S/c39-37(26-15-6-2-7-16-26)42-38(27-17-8-3-9-18-27)41-24-43-32-22-11-10-19-30(32)33-34(43)36-31(23-40-33)29-21-12-20-28(35(29)44-36)25-13-4-1-5-14-25/h1-24,39H. The summed E-state index contributed by atoms with van der Waals surface area (Å²) in [6.07, 6.45) is 3.84. The molecule has 0 amide bonds. The molecule has 8 aromatic rings. The summed E-state index contributed by atoms with van der Waals surface area (Å²) in [5, 5.41) is 12.1. The predicted molar refractivity (Wildman–Crippen MR) is 186 cm³/mol. The molecule has 0 aliphatic heterocycles. The topological polar surface area (TPSA) is 66.4 Å². The number of amidine groups is 2. The number of rotatable bonds is 4. The number of benzene rings is 5. The van der Waals surface area contributed by atoms with Gasteiger partial charge in [-0.1, -0.05) is 127 Å². The maximum Gasteiger partial charge on any atom is 0.163 e. The van der Waals surface area contributed by atoms with Crippen molar-refractivity contribution in [1.82, 2.24) is 9.55 Å². The van der Waals surface area contributed by atoms with Crippen LogP contribution in [0.4, 0.5) is 0 Å². The second kappa shape index (κ2) is 10.8. The van der Waals surface area contributed by atoms with Crippen molar-refractivity contribution < 1.29 is 0 Å². The molecule has 5 nitrogen and oxygen atoms in total. The Morgan fingerprint density at radius 1 is 0.659 bits per heavy atom. The van der Waals surface area contributed by atoms with Crippen LogP contribution in [0.15, 0.2) is 150 Å². The zero-order valence-corrected chi connectivity index (χ0v) is 24.4. The van der Waals surface area contributed by atoms with Crippen molar-refractivity contribution in [1.29, 1.82) is 5.41 Å². The lowest BCUT2D eigenvalue weighted by atomic mass is 10.0. The van der Waals surface area contributed by atoms with Crippen LogP contribution in [0.25, 0.3) is 53.2 Å². The summed E-state index contributed by atoms with van der Waals surface area (Å²) in [5.41, 5.74) is 6.94. The quantitative estimate of drug-likeness (QED) is 0.163. The molecule has 0 radical (unpaired) electrons. The molecule has 0 unspecified atom stereocenters. The molecule has 3 aromatic heterocycles. The van der Waals surface area contributed by atoms with E-state index in [-0.39, 0.29) is 5.84 Å². The van der Waals surface area contributed by atoms with Gasteiger partial charge in [0.2, 0.25) is 0 Å². The maximum atomic E-state index is 8.71. The number of nitrogens with one attached hydrogen (secondary N) is 1. The van der Waals surface area contributed by atoms with Crippen LogP contribution < -0.4 is 0 Å². The Kier molecular flexibility index (Phi) is 6.39. The first kappa shape index (κ1) is 25.9. The fourth-order valence-corrected chi connectivity index (χ4v) is 7.12. The molecule has 3 heterocycles. The van der Waals surface area contributed by atoms with E-state index in [0.717, 1.165) is 43.1 Å². The Morgan fingerprint density at radius 3 is 2.09 bits per heavy atom. The summed E-state index contributed by atoms with van der Waals surface area (Å²) in [6.45, 7) is 0. The van der Waals surface area contributed by atoms with Crippen molar-refractivity contribution in [2.24, 2.45) is 9.98 Å². The number of pyridine rings is 1. The van der Waals surface area contributed by atoms with Crippen LogP contribution in [-0.2, 0) is 0 Å². The average Bonchev–Trinajstić information content (AvgIpc) is 3.63. The largest absolute Gasteiger partial charge is 0.297 e. The summed E-state index contributed by atoms with van der Waals surface area (Å²) in [6, 6.07) is 44.7. The average molecular weight is 584 g/mol. The second-order valence-electron chi connectivity index (χ2n) is 10.5. The third-order valence-corrected chi connectivity index (χ3v) is 9.11. The van der Waals surface area contributed by atoms with Gasteiger partial charge in [-0.2, -0.15) is 0 Å². The van der Waals surface area contributed by atoms with E-state index in [1.807, 2.05) is 91.4 Å². The monoisotopic (exact) mass is 583 g/mol. The van der Waals surface area contributed by atoms with Gasteiger partial charge in [-0.25, -0.2) is 9.98 Å². The van der Waals surface area contributed by atoms with Gasteiger partial charge in [0.25, 0.3) is 0 Å². The van der Waals surface area contributed by atoms with Gasteiger partial charge in [-0.05, 0) is 17.2 Å². The van der Waals surface area contributed by atoms with Gasteiger partial charge >= 0.3 is 0 Å². The predicted octanol–water partition coefficient (Wildman–Crippen LogP) is 9.57. The molecular formula is C38H25N5S. The molecule has 44 heavy (non-hydrogen) atoms. The molecular weight excluding hydrogens is 559 g/mol. The molecule has 0 saturated heterocycles. The number of hydrogen-bond acceptors (Lipinski definition) is 3. The van der Waals surface area contributed by atoms with Crippen molar-refractivity contribution in [3.05, 3.63) is 151 Å². The lowest BCUT2D eigenvalue weighted by Gasteiger charge is -2.05. The van der Waals surface area contributed by atoms with E-state index in [4.69, 9.17) is 20.4 Å². The van der Waals surface area contributed by atoms with Crippen LogP contribution >= 0.6 is 11.3 Å². The summed E-state index contributed by atoms with van der Waals surface area (Å²) < 4.78 is 4.52. The Balaban J connectivity index is 1.37. The minimum Gasteiger partial charge on any atom is -0.297 e. The molecule has 208 valence electrons. The van der Waals surface area contributed by atoms with Crippen LogP contribution in [0.5, 0.6) is 0 Å². The first-order valence-corrected chi connectivity index (χ1v) is 15.2. The van der Waals surface area contributed by atoms with Crippen molar-refractivity contribution in [2.75, 3.05) is 0 Å². The first-order chi connectivity index (χ1) is 21.8. The van der Waals surface area contributed by atoms with Gasteiger partial charge in [0, 0.05) is 38.2 Å². The molecule has 1 N–H and O–H groups in total. The summed E-state index contributed by atoms with van der Waals surface area (Å²) in [4.78, 5) is 14.7. The molecule has 0 saturated carbocycles. The van der Waals surface area contributed by atoms with Crippen LogP contribution in [0.3, 0.4) is 0 Å². The SMILES string of the molecule is N=C(N=C(N=Cn1c2ccccc2c2ncc3c4cccc(-c5ccccc5)c4sc3c21)c1ccccc1)c1ccccc1. The molecule has 0 aliphatic carbocycles. The second-order valence-corrected chi connectivity index (χ2v) is 11.5. The Hall–Kier alpha value is -5.72.